The predicted molar refractivity (Wildman–Crippen MR) is 126 cm³/mol. The van der Waals surface area contributed by atoms with Gasteiger partial charge in [0.25, 0.3) is 0 Å². The van der Waals surface area contributed by atoms with E-state index >= 15 is 0 Å². The minimum absolute atomic E-state index is 0.00183. The van der Waals surface area contributed by atoms with Gasteiger partial charge in [-0.3, -0.25) is 4.99 Å². The van der Waals surface area contributed by atoms with E-state index in [1.165, 1.54) is 5.69 Å². The van der Waals surface area contributed by atoms with E-state index in [1.54, 1.807) is 0 Å². The predicted octanol–water partition coefficient (Wildman–Crippen LogP) is 6.41. The maximum atomic E-state index is 4.81. The van der Waals surface area contributed by atoms with E-state index in [9.17, 15) is 0 Å². The fraction of sp³-hybridized carbons (Fsp3) is 0.346. The molecule has 0 spiro atoms. The average molecular weight is 399 g/mol. The summed E-state index contributed by atoms with van der Waals surface area (Å²) in [6.45, 7) is 13.1. The molecule has 30 heavy (non-hydrogen) atoms. The first-order valence-electron chi connectivity index (χ1n) is 10.5. The van der Waals surface area contributed by atoms with Crippen molar-refractivity contribution in [2.45, 2.75) is 53.0 Å². The Bertz CT molecular complexity index is 1090. The lowest BCUT2D eigenvalue weighted by Crippen LogP contribution is -2.17. The highest BCUT2D eigenvalue weighted by Gasteiger charge is 2.26. The highest BCUT2D eigenvalue weighted by molar-refractivity contribution is 5.99. The number of aromatic nitrogens is 2. The topological polar surface area (TPSA) is 42.5 Å². The van der Waals surface area contributed by atoms with E-state index < -0.39 is 0 Å². The SMILES string of the molecule is CC(C)(C)C1=NC(c2ccc(-n3cnc(-c4ccccc4)c3C(C)(C)C)cc2)C=N1. The molecule has 0 saturated heterocycles. The Morgan fingerprint density at radius 3 is 2.03 bits per heavy atom. The summed E-state index contributed by atoms with van der Waals surface area (Å²) in [7, 11) is 0. The van der Waals surface area contributed by atoms with Crippen molar-refractivity contribution in [3.05, 3.63) is 72.2 Å². The van der Waals surface area contributed by atoms with Crippen molar-refractivity contribution >= 4 is 12.1 Å². The third-order valence-electron chi connectivity index (χ3n) is 5.31. The first-order valence-corrected chi connectivity index (χ1v) is 10.5. The minimum atomic E-state index is -0.0512. The number of amidine groups is 1. The van der Waals surface area contributed by atoms with Crippen LogP contribution in [0.15, 0.2) is 70.9 Å². The Kier molecular flexibility index (Phi) is 4.97. The minimum Gasteiger partial charge on any atom is -0.302 e. The van der Waals surface area contributed by atoms with Crippen LogP contribution < -0.4 is 0 Å². The normalized spacial score (nSPS) is 16.7. The molecule has 0 amide bonds. The van der Waals surface area contributed by atoms with Crippen molar-refractivity contribution < 1.29 is 0 Å². The molecule has 0 bridgehead atoms. The number of hydrogen-bond donors (Lipinski definition) is 0. The molecule has 0 saturated carbocycles. The van der Waals surface area contributed by atoms with Gasteiger partial charge in [-0.1, -0.05) is 84.0 Å². The quantitative estimate of drug-likeness (QED) is 0.503. The van der Waals surface area contributed by atoms with Crippen LogP contribution in [0.4, 0.5) is 0 Å². The van der Waals surface area contributed by atoms with Gasteiger partial charge in [-0.15, -0.1) is 0 Å². The Labute approximate surface area is 179 Å². The molecule has 1 unspecified atom stereocenters. The van der Waals surface area contributed by atoms with Crippen molar-refractivity contribution in [1.29, 1.82) is 0 Å². The average Bonchev–Trinajstić information content (AvgIpc) is 3.36. The standard InChI is InChI=1S/C26H30N4/c1-25(2,3)23-22(19-10-8-7-9-11-19)28-17-30(23)20-14-12-18(13-15-20)21-16-27-24(29-21)26(4,5)6/h7-17,21H,1-6H3. The van der Waals surface area contributed by atoms with Crippen molar-refractivity contribution in [2.75, 3.05) is 0 Å². The molecule has 2 heterocycles. The molecule has 4 heteroatoms. The summed E-state index contributed by atoms with van der Waals surface area (Å²) >= 11 is 0. The Balaban J connectivity index is 1.70. The number of rotatable bonds is 3. The largest absolute Gasteiger partial charge is 0.302 e. The number of nitrogens with zero attached hydrogens (tertiary/aromatic N) is 4. The molecule has 0 radical (unpaired) electrons. The zero-order valence-electron chi connectivity index (χ0n) is 18.7. The maximum Gasteiger partial charge on any atom is 0.129 e. The third-order valence-corrected chi connectivity index (χ3v) is 5.31. The number of hydrogen-bond acceptors (Lipinski definition) is 3. The Morgan fingerprint density at radius 1 is 0.800 bits per heavy atom. The van der Waals surface area contributed by atoms with Crippen LogP contribution in [0.2, 0.25) is 0 Å². The van der Waals surface area contributed by atoms with Gasteiger partial charge in [0.15, 0.2) is 0 Å². The molecule has 0 aliphatic carbocycles. The van der Waals surface area contributed by atoms with Crippen LogP contribution >= 0.6 is 0 Å². The second-order valence-corrected chi connectivity index (χ2v) is 9.95. The van der Waals surface area contributed by atoms with E-state index in [0.717, 1.165) is 28.3 Å². The molecule has 2 aromatic carbocycles. The fourth-order valence-electron chi connectivity index (χ4n) is 3.79. The van der Waals surface area contributed by atoms with E-state index in [2.05, 4.69) is 99.6 Å². The zero-order valence-corrected chi connectivity index (χ0v) is 18.7. The van der Waals surface area contributed by atoms with Gasteiger partial charge in [0, 0.05) is 28.3 Å². The molecule has 4 nitrogen and oxygen atoms in total. The van der Waals surface area contributed by atoms with Gasteiger partial charge in [-0.05, 0) is 17.7 Å². The highest BCUT2D eigenvalue weighted by Crippen LogP contribution is 2.34. The van der Waals surface area contributed by atoms with Crippen LogP contribution in [0.1, 0.15) is 58.8 Å². The first-order chi connectivity index (χ1) is 14.1. The van der Waals surface area contributed by atoms with Crippen LogP contribution in [0.25, 0.3) is 16.9 Å². The summed E-state index contributed by atoms with van der Waals surface area (Å²) in [6.07, 6.45) is 3.88. The zero-order chi connectivity index (χ0) is 21.5. The fourth-order valence-corrected chi connectivity index (χ4v) is 3.79. The van der Waals surface area contributed by atoms with Crippen LogP contribution in [0.3, 0.4) is 0 Å². The van der Waals surface area contributed by atoms with Crippen LogP contribution in [-0.2, 0) is 5.41 Å². The van der Waals surface area contributed by atoms with Gasteiger partial charge in [-0.2, -0.15) is 0 Å². The molecular weight excluding hydrogens is 368 g/mol. The monoisotopic (exact) mass is 398 g/mol. The van der Waals surface area contributed by atoms with Crippen molar-refractivity contribution in [3.63, 3.8) is 0 Å². The van der Waals surface area contributed by atoms with Crippen molar-refractivity contribution in [1.82, 2.24) is 9.55 Å². The maximum absolute atomic E-state index is 4.81. The summed E-state index contributed by atoms with van der Waals surface area (Å²) in [5, 5.41) is 0. The number of benzene rings is 2. The lowest BCUT2D eigenvalue weighted by Gasteiger charge is -2.23. The Hall–Kier alpha value is -3.01. The molecule has 154 valence electrons. The molecule has 1 aromatic heterocycles. The van der Waals surface area contributed by atoms with Crippen LogP contribution in [-0.4, -0.2) is 21.6 Å². The van der Waals surface area contributed by atoms with E-state index in [1.807, 2.05) is 18.6 Å². The van der Waals surface area contributed by atoms with Gasteiger partial charge in [0.1, 0.15) is 18.2 Å². The number of aliphatic imine (C=N–C) groups is 2. The van der Waals surface area contributed by atoms with Gasteiger partial charge < -0.3 is 4.57 Å². The van der Waals surface area contributed by atoms with Gasteiger partial charge in [0.05, 0.1) is 11.4 Å². The van der Waals surface area contributed by atoms with E-state index in [0.29, 0.717) is 0 Å². The molecule has 1 atom stereocenters. The lowest BCUT2D eigenvalue weighted by atomic mass is 9.88. The Morgan fingerprint density at radius 2 is 1.47 bits per heavy atom. The number of imidazole rings is 1. The first kappa shape index (κ1) is 20.3. The van der Waals surface area contributed by atoms with E-state index in [4.69, 9.17) is 9.98 Å². The summed E-state index contributed by atoms with van der Waals surface area (Å²) in [5.74, 6) is 0.911. The van der Waals surface area contributed by atoms with Gasteiger partial charge in [0.2, 0.25) is 0 Å². The van der Waals surface area contributed by atoms with Crippen molar-refractivity contribution in [3.8, 4) is 16.9 Å². The second kappa shape index (κ2) is 7.35. The molecule has 1 aliphatic rings. The van der Waals surface area contributed by atoms with Crippen LogP contribution in [0, 0.1) is 5.41 Å². The molecular formula is C26H30N4. The van der Waals surface area contributed by atoms with Gasteiger partial charge in [-0.25, -0.2) is 9.98 Å². The second-order valence-electron chi connectivity index (χ2n) is 9.95. The molecule has 0 N–H and O–H groups in total. The van der Waals surface area contributed by atoms with E-state index in [-0.39, 0.29) is 16.9 Å². The van der Waals surface area contributed by atoms with Gasteiger partial charge >= 0.3 is 0 Å². The van der Waals surface area contributed by atoms with Crippen molar-refractivity contribution in [2.24, 2.45) is 15.4 Å². The third kappa shape index (κ3) is 3.87. The van der Waals surface area contributed by atoms with Crippen LogP contribution in [0.5, 0.6) is 0 Å². The molecule has 4 rings (SSSR count). The lowest BCUT2D eigenvalue weighted by molar-refractivity contribution is 0.558. The summed E-state index contributed by atoms with van der Waals surface area (Å²) < 4.78 is 2.21. The molecule has 1 aliphatic heterocycles. The molecule has 3 aromatic rings. The highest BCUT2D eigenvalue weighted by atomic mass is 15.1. The summed E-state index contributed by atoms with van der Waals surface area (Å²) in [4.78, 5) is 14.1. The summed E-state index contributed by atoms with van der Waals surface area (Å²) in [6, 6.07) is 19.0. The molecule has 0 fully saturated rings. The smallest absolute Gasteiger partial charge is 0.129 e. The summed E-state index contributed by atoms with van der Waals surface area (Å²) in [5.41, 5.74) is 5.56.